The molecule has 3 atom stereocenters. The van der Waals surface area contributed by atoms with E-state index in [4.69, 9.17) is 0 Å². The van der Waals surface area contributed by atoms with Crippen LogP contribution in [0.3, 0.4) is 0 Å². The molecule has 0 saturated heterocycles. The minimum absolute atomic E-state index is 0.116. The van der Waals surface area contributed by atoms with Crippen LogP contribution in [-0.2, 0) is 6.42 Å². The lowest BCUT2D eigenvalue weighted by Crippen LogP contribution is -2.36. The number of aliphatic hydroxyl groups is 1. The zero-order valence-electron chi connectivity index (χ0n) is 17.5. The highest BCUT2D eigenvalue weighted by molar-refractivity contribution is 8.03. The summed E-state index contributed by atoms with van der Waals surface area (Å²) < 4.78 is 15.2. The molecular formula is C26H25FN2OS. The number of fused-ring (bicyclic) bond motifs is 2. The van der Waals surface area contributed by atoms with E-state index in [0.717, 1.165) is 46.0 Å². The van der Waals surface area contributed by atoms with Crippen molar-refractivity contribution in [2.45, 2.75) is 37.2 Å². The van der Waals surface area contributed by atoms with Gasteiger partial charge >= 0.3 is 0 Å². The van der Waals surface area contributed by atoms with E-state index in [1.165, 1.54) is 17.7 Å². The van der Waals surface area contributed by atoms with Crippen LogP contribution in [0, 0.1) is 17.2 Å². The second-order valence-electron chi connectivity index (χ2n) is 8.68. The Morgan fingerprint density at radius 3 is 2.71 bits per heavy atom. The Bertz CT molecular complexity index is 1150. The van der Waals surface area contributed by atoms with Crippen LogP contribution >= 0.6 is 11.8 Å². The maximum Gasteiger partial charge on any atom is 0.123 e. The summed E-state index contributed by atoms with van der Waals surface area (Å²) in [7, 11) is 0. The number of benzene rings is 2. The maximum atomic E-state index is 13.3. The highest BCUT2D eigenvalue weighted by atomic mass is 32.2. The van der Waals surface area contributed by atoms with E-state index < -0.39 is 6.10 Å². The fourth-order valence-electron chi connectivity index (χ4n) is 5.10. The molecule has 3 aromatic rings. The van der Waals surface area contributed by atoms with Crippen molar-refractivity contribution in [1.29, 1.82) is 0 Å². The van der Waals surface area contributed by atoms with Crippen LogP contribution in [0.5, 0.6) is 0 Å². The normalized spacial score (nSPS) is 23.1. The third kappa shape index (κ3) is 3.56. The van der Waals surface area contributed by atoms with Crippen molar-refractivity contribution in [2.75, 3.05) is 0 Å². The smallest absolute Gasteiger partial charge is 0.123 e. The van der Waals surface area contributed by atoms with Gasteiger partial charge in [-0.15, -0.1) is 0 Å². The van der Waals surface area contributed by atoms with Gasteiger partial charge in [-0.2, -0.15) is 5.10 Å². The van der Waals surface area contributed by atoms with E-state index in [2.05, 4.69) is 24.7 Å². The van der Waals surface area contributed by atoms with Crippen LogP contribution in [0.4, 0.5) is 4.39 Å². The zero-order chi connectivity index (χ0) is 21.6. The summed E-state index contributed by atoms with van der Waals surface area (Å²) in [5.41, 5.74) is 4.31. The molecule has 1 aromatic heterocycles. The van der Waals surface area contributed by atoms with Crippen LogP contribution in [0.15, 0.2) is 82.7 Å². The van der Waals surface area contributed by atoms with E-state index in [1.54, 1.807) is 23.9 Å². The minimum Gasteiger partial charge on any atom is -0.388 e. The first-order valence-electron chi connectivity index (χ1n) is 10.6. The monoisotopic (exact) mass is 432 g/mol. The van der Waals surface area contributed by atoms with Crippen molar-refractivity contribution in [2.24, 2.45) is 11.3 Å². The van der Waals surface area contributed by atoms with Crippen LogP contribution in [-0.4, -0.2) is 21.0 Å². The van der Waals surface area contributed by atoms with Gasteiger partial charge in [0.15, 0.2) is 0 Å². The van der Waals surface area contributed by atoms with Crippen molar-refractivity contribution in [3.05, 3.63) is 94.9 Å². The standard InChI is InChI=1S/C26H25FN2OS/c1-17(31-22-6-4-3-5-7-22)25(30)23-13-8-19-14-24-18(15-26(19,23)2)16-28-29(24)21-11-9-20(27)10-12-21/h3-7,9-12,14,16,23,25,30H,1,8,13,15H2,2H3. The molecule has 0 amide bonds. The zero-order valence-corrected chi connectivity index (χ0v) is 18.3. The second kappa shape index (κ2) is 7.81. The van der Waals surface area contributed by atoms with Gasteiger partial charge in [-0.25, -0.2) is 9.07 Å². The van der Waals surface area contributed by atoms with E-state index in [0.29, 0.717) is 0 Å². The Morgan fingerprint density at radius 2 is 1.97 bits per heavy atom. The highest BCUT2D eigenvalue weighted by Crippen LogP contribution is 2.55. The van der Waals surface area contributed by atoms with Gasteiger partial charge in [0.1, 0.15) is 5.82 Å². The van der Waals surface area contributed by atoms with Crippen LogP contribution < -0.4 is 0 Å². The van der Waals surface area contributed by atoms with E-state index in [1.807, 2.05) is 41.2 Å². The molecule has 3 nitrogen and oxygen atoms in total. The Hall–Kier alpha value is -2.63. The lowest BCUT2D eigenvalue weighted by atomic mass is 9.68. The lowest BCUT2D eigenvalue weighted by molar-refractivity contribution is 0.0897. The van der Waals surface area contributed by atoms with Gasteiger partial charge < -0.3 is 5.11 Å². The van der Waals surface area contributed by atoms with Crippen molar-refractivity contribution >= 4 is 17.8 Å². The molecule has 158 valence electrons. The Balaban J connectivity index is 1.41. The third-order valence-corrected chi connectivity index (χ3v) is 7.82. The molecule has 0 radical (unpaired) electrons. The summed E-state index contributed by atoms with van der Waals surface area (Å²) in [6.45, 7) is 6.47. The molecule has 3 unspecified atom stereocenters. The van der Waals surface area contributed by atoms with Gasteiger partial charge in [0.2, 0.25) is 0 Å². The minimum atomic E-state index is -0.574. The number of aromatic nitrogens is 2. The summed E-state index contributed by atoms with van der Waals surface area (Å²) in [6, 6.07) is 16.5. The predicted molar refractivity (Wildman–Crippen MR) is 123 cm³/mol. The predicted octanol–water partition coefficient (Wildman–Crippen LogP) is 6.03. The first-order chi connectivity index (χ1) is 15.0. The van der Waals surface area contributed by atoms with E-state index in [9.17, 15) is 9.50 Å². The average molecular weight is 433 g/mol. The number of hydrogen-bond donors (Lipinski definition) is 1. The second-order valence-corrected chi connectivity index (χ2v) is 9.88. The molecule has 31 heavy (non-hydrogen) atoms. The molecule has 5 rings (SSSR count). The highest BCUT2D eigenvalue weighted by Gasteiger charge is 2.48. The van der Waals surface area contributed by atoms with E-state index >= 15 is 0 Å². The van der Waals surface area contributed by atoms with Crippen molar-refractivity contribution < 1.29 is 9.50 Å². The van der Waals surface area contributed by atoms with Gasteiger partial charge in [-0.3, -0.25) is 0 Å². The number of hydrogen-bond acceptors (Lipinski definition) is 3. The molecule has 1 fully saturated rings. The quantitative estimate of drug-likeness (QED) is 0.500. The first kappa shape index (κ1) is 20.3. The molecular weight excluding hydrogens is 407 g/mol. The topological polar surface area (TPSA) is 38.1 Å². The maximum absolute atomic E-state index is 13.3. The largest absolute Gasteiger partial charge is 0.388 e. The molecule has 0 bridgehead atoms. The van der Waals surface area contributed by atoms with Gasteiger partial charge in [0, 0.05) is 9.80 Å². The molecule has 0 spiro atoms. The van der Waals surface area contributed by atoms with Crippen molar-refractivity contribution in [3.8, 4) is 5.69 Å². The molecule has 1 saturated carbocycles. The molecule has 0 aliphatic heterocycles. The molecule has 5 heteroatoms. The SMILES string of the molecule is C=C(Sc1ccccc1)C(O)C1CCC2=Cc3c(cnn3-c3ccc(F)cc3)CC21C. The van der Waals surface area contributed by atoms with Crippen LogP contribution in [0.1, 0.15) is 31.0 Å². The fraction of sp³-hybridized carbons (Fsp3) is 0.269. The van der Waals surface area contributed by atoms with Gasteiger partial charge in [-0.1, -0.05) is 49.0 Å². The number of thioether (sulfide) groups is 1. The summed E-state index contributed by atoms with van der Waals surface area (Å²) in [4.78, 5) is 1.89. The fourth-order valence-corrected chi connectivity index (χ4v) is 5.98. The van der Waals surface area contributed by atoms with Crippen molar-refractivity contribution in [3.63, 3.8) is 0 Å². The first-order valence-corrected chi connectivity index (χ1v) is 11.4. The Kier molecular flexibility index (Phi) is 5.11. The number of allylic oxidation sites excluding steroid dienone is 1. The van der Waals surface area contributed by atoms with Gasteiger partial charge in [0.25, 0.3) is 0 Å². The summed E-state index contributed by atoms with van der Waals surface area (Å²) in [6.07, 6.45) is 6.29. The number of halogens is 1. The lowest BCUT2D eigenvalue weighted by Gasteiger charge is -2.38. The molecule has 1 N–H and O–H groups in total. The molecule has 2 aliphatic carbocycles. The summed E-state index contributed by atoms with van der Waals surface area (Å²) >= 11 is 1.55. The average Bonchev–Trinajstić information content (AvgIpc) is 3.32. The Labute approximate surface area is 186 Å². The van der Waals surface area contributed by atoms with Gasteiger partial charge in [-0.05, 0) is 78.6 Å². The van der Waals surface area contributed by atoms with E-state index in [-0.39, 0.29) is 17.2 Å². The number of aliphatic hydroxyl groups excluding tert-OH is 1. The van der Waals surface area contributed by atoms with Crippen LogP contribution in [0.2, 0.25) is 0 Å². The number of nitrogens with zero attached hydrogens (tertiary/aromatic N) is 2. The third-order valence-electron chi connectivity index (χ3n) is 6.81. The van der Waals surface area contributed by atoms with Gasteiger partial charge in [0.05, 0.1) is 23.7 Å². The molecule has 1 heterocycles. The summed E-state index contributed by atoms with van der Waals surface area (Å²) in [5, 5.41) is 15.8. The Morgan fingerprint density at radius 1 is 1.23 bits per heavy atom. The van der Waals surface area contributed by atoms with Crippen LogP contribution in [0.25, 0.3) is 11.8 Å². The van der Waals surface area contributed by atoms with Crippen molar-refractivity contribution in [1.82, 2.24) is 9.78 Å². The number of rotatable bonds is 5. The molecule has 2 aliphatic rings. The molecule has 2 aromatic carbocycles. The summed E-state index contributed by atoms with van der Waals surface area (Å²) in [5.74, 6) is -0.137.